The average Bonchev–Trinajstić information content (AvgIpc) is 3.43. The van der Waals surface area contributed by atoms with E-state index in [1.165, 1.54) is 12.5 Å². The second-order valence-electron chi connectivity index (χ2n) is 14.9. The normalized spacial score (nSPS) is 21.2. The molecule has 288 valence electrons. The van der Waals surface area contributed by atoms with Crippen LogP contribution < -0.4 is 31.1 Å². The summed E-state index contributed by atoms with van der Waals surface area (Å²) < 4.78 is 15.4. The van der Waals surface area contributed by atoms with Gasteiger partial charge in [-0.15, -0.1) is 10.2 Å². The number of nitrogens with zero attached hydrogens (tertiary/aromatic N) is 8. The molecule has 8 rings (SSSR count). The number of primary amides is 1. The zero-order chi connectivity index (χ0) is 38.2. The molecule has 3 aromatic rings. The highest BCUT2D eigenvalue weighted by atomic mass is 19.1. The molecule has 1 aromatic heterocycles. The van der Waals surface area contributed by atoms with E-state index < -0.39 is 41.4 Å². The fourth-order valence-electron chi connectivity index (χ4n) is 8.32. The molecule has 0 radical (unpaired) electrons. The number of nitrogens with two attached hydrogens (primary N) is 1. The van der Waals surface area contributed by atoms with E-state index in [2.05, 4.69) is 52.6 Å². The minimum Gasteiger partial charge on any atom is -0.372 e. The predicted molar refractivity (Wildman–Crippen MR) is 201 cm³/mol. The monoisotopic (exact) mass is 753 g/mol. The van der Waals surface area contributed by atoms with Gasteiger partial charge in [0, 0.05) is 76.7 Å². The van der Waals surface area contributed by atoms with E-state index >= 15 is 4.39 Å². The fourth-order valence-corrected chi connectivity index (χ4v) is 8.32. The Labute approximate surface area is 317 Å². The molecule has 4 fully saturated rings. The summed E-state index contributed by atoms with van der Waals surface area (Å²) in [5, 5.41) is 13.6. The third-order valence-corrected chi connectivity index (χ3v) is 11.4. The largest absolute Gasteiger partial charge is 0.372 e. The number of rotatable bonds is 9. The van der Waals surface area contributed by atoms with Gasteiger partial charge in [-0.3, -0.25) is 39.1 Å². The summed E-state index contributed by atoms with van der Waals surface area (Å²) in [7, 11) is 0. The zero-order valence-corrected chi connectivity index (χ0v) is 30.5. The van der Waals surface area contributed by atoms with E-state index in [0.717, 1.165) is 93.8 Å². The van der Waals surface area contributed by atoms with Crippen LogP contribution in [0.3, 0.4) is 0 Å². The second kappa shape index (κ2) is 15.2. The molecule has 4 saturated heterocycles. The molecule has 6 heterocycles. The van der Waals surface area contributed by atoms with Crippen molar-refractivity contribution in [3.05, 3.63) is 59.0 Å². The van der Waals surface area contributed by atoms with Crippen molar-refractivity contribution in [2.45, 2.75) is 51.0 Å². The number of halogens is 1. The van der Waals surface area contributed by atoms with Crippen LogP contribution in [-0.2, 0) is 9.59 Å². The van der Waals surface area contributed by atoms with Gasteiger partial charge in [0.2, 0.25) is 17.8 Å². The highest BCUT2D eigenvalue weighted by molar-refractivity contribution is 6.23. The number of amides is 5. The van der Waals surface area contributed by atoms with Gasteiger partial charge in [0.25, 0.3) is 17.7 Å². The number of hydrogen-bond donors (Lipinski definition) is 3. The number of benzene rings is 2. The van der Waals surface area contributed by atoms with Gasteiger partial charge in [-0.1, -0.05) is 0 Å². The van der Waals surface area contributed by atoms with Gasteiger partial charge < -0.3 is 25.8 Å². The van der Waals surface area contributed by atoms with Gasteiger partial charge in [-0.05, 0) is 80.8 Å². The first-order valence-electron chi connectivity index (χ1n) is 19.1. The first-order valence-corrected chi connectivity index (χ1v) is 19.1. The van der Waals surface area contributed by atoms with E-state index in [9.17, 15) is 24.0 Å². The number of aromatic nitrogens is 3. The van der Waals surface area contributed by atoms with Gasteiger partial charge in [0.1, 0.15) is 11.9 Å². The quantitative estimate of drug-likeness (QED) is 0.270. The number of imide groups is 2. The summed E-state index contributed by atoms with van der Waals surface area (Å²) in [4.78, 5) is 76.7. The number of carbonyl (C=O) groups excluding carboxylic acids is 5. The number of piperidine rings is 3. The topological polar surface area (TPSA) is 190 Å². The summed E-state index contributed by atoms with van der Waals surface area (Å²) in [5.41, 5.74) is 7.74. The Morgan fingerprint density at radius 2 is 1.51 bits per heavy atom. The first-order chi connectivity index (χ1) is 26.6. The SMILES string of the molecule is NC(=O)c1nnc(N2CCCCC2)nc1Nc1ccc(N2CCC(CN3CCN(c4cc5c(cc4F)C(=O)N(C4CCC(=O)NC4=O)C5=O)CC3)CC2)cc1. The Balaban J connectivity index is 0.825. The first kappa shape index (κ1) is 36.3. The molecular weight excluding hydrogens is 709 g/mol. The van der Waals surface area contributed by atoms with Gasteiger partial charge in [0.15, 0.2) is 11.5 Å². The predicted octanol–water partition coefficient (Wildman–Crippen LogP) is 2.28. The molecule has 0 bridgehead atoms. The lowest BCUT2D eigenvalue weighted by atomic mass is 9.95. The Hall–Kier alpha value is -5.71. The lowest BCUT2D eigenvalue weighted by molar-refractivity contribution is -0.136. The van der Waals surface area contributed by atoms with Crippen molar-refractivity contribution < 1.29 is 28.4 Å². The van der Waals surface area contributed by atoms with Gasteiger partial charge in [-0.25, -0.2) is 4.39 Å². The summed E-state index contributed by atoms with van der Waals surface area (Å²) in [6.45, 7) is 7.09. The van der Waals surface area contributed by atoms with Crippen LogP contribution >= 0.6 is 0 Å². The van der Waals surface area contributed by atoms with Gasteiger partial charge in [0.05, 0.1) is 16.8 Å². The maximum Gasteiger partial charge on any atom is 0.273 e. The summed E-state index contributed by atoms with van der Waals surface area (Å²) in [5.74, 6) is -2.49. The molecular formula is C38H44FN11O5. The molecule has 0 spiro atoms. The molecule has 0 aliphatic carbocycles. The Bertz CT molecular complexity index is 2010. The minimum atomic E-state index is -1.10. The molecule has 2 aromatic carbocycles. The van der Waals surface area contributed by atoms with Gasteiger partial charge >= 0.3 is 0 Å². The average molecular weight is 754 g/mol. The number of carbonyl (C=O) groups is 5. The van der Waals surface area contributed by atoms with Crippen LogP contribution in [0.15, 0.2) is 36.4 Å². The summed E-state index contributed by atoms with van der Waals surface area (Å²) in [6.07, 6.45) is 5.43. The van der Waals surface area contributed by atoms with Gasteiger partial charge in [-0.2, -0.15) is 4.98 Å². The van der Waals surface area contributed by atoms with Crippen LogP contribution in [0.2, 0.25) is 0 Å². The molecule has 4 N–H and O–H groups in total. The Kier molecular flexibility index (Phi) is 10.0. The second-order valence-corrected chi connectivity index (χ2v) is 14.9. The third kappa shape index (κ3) is 7.39. The minimum absolute atomic E-state index is 0.00187. The molecule has 5 aliphatic heterocycles. The molecule has 5 aliphatic rings. The van der Waals surface area contributed by atoms with Crippen LogP contribution in [0.4, 0.5) is 33.2 Å². The van der Waals surface area contributed by atoms with E-state index in [1.807, 2.05) is 17.0 Å². The molecule has 0 saturated carbocycles. The third-order valence-electron chi connectivity index (χ3n) is 11.4. The summed E-state index contributed by atoms with van der Waals surface area (Å²) in [6, 6.07) is 9.46. The van der Waals surface area contributed by atoms with Crippen molar-refractivity contribution in [3.63, 3.8) is 0 Å². The van der Waals surface area contributed by atoms with Crippen molar-refractivity contribution in [2.75, 3.05) is 78.9 Å². The van der Waals surface area contributed by atoms with Crippen molar-refractivity contribution in [1.29, 1.82) is 0 Å². The number of piperazine rings is 1. The van der Waals surface area contributed by atoms with E-state index in [0.29, 0.717) is 30.8 Å². The lowest BCUT2D eigenvalue weighted by Crippen LogP contribution is -2.54. The Morgan fingerprint density at radius 3 is 2.18 bits per heavy atom. The smallest absolute Gasteiger partial charge is 0.273 e. The number of nitrogens with one attached hydrogen (secondary N) is 2. The number of hydrogen-bond acceptors (Lipinski definition) is 13. The maximum absolute atomic E-state index is 15.4. The zero-order valence-electron chi connectivity index (χ0n) is 30.5. The maximum atomic E-state index is 15.4. The van der Waals surface area contributed by atoms with Crippen LogP contribution in [0, 0.1) is 11.7 Å². The van der Waals surface area contributed by atoms with Crippen LogP contribution in [0.25, 0.3) is 0 Å². The van der Waals surface area contributed by atoms with Crippen LogP contribution in [-0.4, -0.2) is 119 Å². The van der Waals surface area contributed by atoms with Crippen molar-refractivity contribution >= 4 is 58.4 Å². The van der Waals surface area contributed by atoms with E-state index in [4.69, 9.17) is 5.73 Å². The number of fused-ring (bicyclic) bond motifs is 1. The molecule has 1 atom stereocenters. The van der Waals surface area contributed by atoms with Crippen molar-refractivity contribution in [1.82, 2.24) is 30.3 Å². The molecule has 1 unspecified atom stereocenters. The van der Waals surface area contributed by atoms with E-state index in [1.54, 1.807) is 0 Å². The fraction of sp³-hybridized carbons (Fsp3) is 0.474. The van der Waals surface area contributed by atoms with Crippen LogP contribution in [0.5, 0.6) is 0 Å². The van der Waals surface area contributed by atoms with Crippen LogP contribution in [0.1, 0.15) is 76.2 Å². The standard InChI is InChI=1S/C38H44FN11O5/c39-28-20-26-27(37(55)50(36(26)54)29-8-9-31(51)42-35(29)53)21-30(28)48-18-16-46(17-19-48)22-23-10-14-47(15-11-23)25-6-4-24(5-7-25)41-34-32(33(40)52)44-45-38(43-34)49-12-2-1-3-13-49/h4-7,20-21,23,29H,1-3,8-19,22H2,(H2,40,52)(H,41,43,45)(H,42,51,53). The van der Waals surface area contributed by atoms with E-state index in [-0.39, 0.29) is 35.3 Å². The molecule has 16 nitrogen and oxygen atoms in total. The van der Waals surface area contributed by atoms with Crippen molar-refractivity contribution in [3.8, 4) is 0 Å². The van der Waals surface area contributed by atoms with Crippen molar-refractivity contribution in [2.24, 2.45) is 11.7 Å². The Morgan fingerprint density at radius 1 is 0.818 bits per heavy atom. The molecule has 55 heavy (non-hydrogen) atoms. The highest BCUT2D eigenvalue weighted by Gasteiger charge is 2.45. The highest BCUT2D eigenvalue weighted by Crippen LogP contribution is 2.34. The molecule has 17 heteroatoms. The lowest BCUT2D eigenvalue weighted by Gasteiger charge is -2.40. The molecule has 5 amide bonds. The number of anilines is 5. The summed E-state index contributed by atoms with van der Waals surface area (Å²) >= 11 is 0.